The minimum absolute atomic E-state index is 0.0127. The summed E-state index contributed by atoms with van der Waals surface area (Å²) in [7, 11) is -3.47. The zero-order valence-corrected chi connectivity index (χ0v) is 16.4. The van der Waals surface area contributed by atoms with Gasteiger partial charge in [-0.25, -0.2) is 13.2 Å². The van der Waals surface area contributed by atoms with E-state index in [1.807, 2.05) is 0 Å². The second-order valence-corrected chi connectivity index (χ2v) is 9.94. The molecule has 3 atom stereocenters. The van der Waals surface area contributed by atoms with Crippen molar-refractivity contribution in [3.05, 3.63) is 48.2 Å². The molecule has 0 unspecified atom stereocenters. The third-order valence-electron chi connectivity index (χ3n) is 6.53. The first-order valence-electron chi connectivity index (χ1n) is 9.08. The molecule has 2 aliphatic rings. The first-order valence-corrected chi connectivity index (χ1v) is 10.7. The summed E-state index contributed by atoms with van der Waals surface area (Å²) >= 11 is 0. The van der Waals surface area contributed by atoms with Crippen LogP contribution in [0.2, 0.25) is 0 Å². The van der Waals surface area contributed by atoms with Crippen molar-refractivity contribution < 1.29 is 17.9 Å². The maximum absolute atomic E-state index is 13.1. The van der Waals surface area contributed by atoms with Gasteiger partial charge in [0.25, 0.3) is 0 Å². The Balaban J connectivity index is 1.94. The molecule has 2 bridgehead atoms. The standard InChI is InChI=1S/C21H26O4S/c1-4-5-11-19(22)25-18-14-16-12-13-21(18,20(16,2)3)15-26(23,24)17-9-7-6-8-10-17/h4,6-11,16,18H,12-15H2,1-3H3/t5?,16-,18-,21-/m1/s1. The molecule has 0 saturated heterocycles. The SMILES string of the molecule is CC=C=CC(=O)O[C@@H]1C[C@H]2CC[C@]1(CS(=O)(=O)c1ccccc1)C2(C)C. The summed E-state index contributed by atoms with van der Waals surface area (Å²) < 4.78 is 31.9. The summed E-state index contributed by atoms with van der Waals surface area (Å²) in [6.45, 7) is 6.03. The predicted molar refractivity (Wildman–Crippen MR) is 100 cm³/mol. The van der Waals surface area contributed by atoms with Crippen LogP contribution >= 0.6 is 0 Å². The number of hydrogen-bond donors (Lipinski definition) is 0. The van der Waals surface area contributed by atoms with Crippen molar-refractivity contribution in [2.24, 2.45) is 16.7 Å². The molecule has 0 amide bonds. The molecule has 2 saturated carbocycles. The van der Waals surface area contributed by atoms with Gasteiger partial charge < -0.3 is 4.74 Å². The Morgan fingerprint density at radius 3 is 2.62 bits per heavy atom. The first kappa shape index (κ1) is 18.9. The van der Waals surface area contributed by atoms with Crippen molar-refractivity contribution in [1.82, 2.24) is 0 Å². The zero-order chi connectivity index (χ0) is 19.0. The Labute approximate surface area is 155 Å². The number of sulfone groups is 1. The van der Waals surface area contributed by atoms with Gasteiger partial charge in [0, 0.05) is 5.41 Å². The van der Waals surface area contributed by atoms with E-state index in [1.165, 1.54) is 6.08 Å². The van der Waals surface area contributed by atoms with Gasteiger partial charge >= 0.3 is 5.97 Å². The highest BCUT2D eigenvalue weighted by molar-refractivity contribution is 7.91. The fourth-order valence-electron chi connectivity index (χ4n) is 4.88. The molecule has 1 aromatic rings. The van der Waals surface area contributed by atoms with E-state index in [0.717, 1.165) is 19.3 Å². The van der Waals surface area contributed by atoms with Crippen LogP contribution in [-0.2, 0) is 19.4 Å². The molecule has 5 heteroatoms. The summed E-state index contributed by atoms with van der Waals surface area (Å²) in [5.74, 6) is -0.0661. The number of carbonyl (C=O) groups excluding carboxylic acids is 1. The van der Waals surface area contributed by atoms with E-state index in [4.69, 9.17) is 4.74 Å². The minimum Gasteiger partial charge on any atom is -0.458 e. The Hall–Kier alpha value is -1.84. The lowest BCUT2D eigenvalue weighted by Crippen LogP contribution is -2.46. The van der Waals surface area contributed by atoms with Gasteiger partial charge in [-0.1, -0.05) is 32.0 Å². The van der Waals surface area contributed by atoms with Gasteiger partial charge in [-0.3, -0.25) is 0 Å². The molecule has 1 aromatic carbocycles. The molecule has 0 aromatic heterocycles. The molecular formula is C21H26O4S. The van der Waals surface area contributed by atoms with Gasteiger partial charge in [0.05, 0.1) is 16.7 Å². The molecule has 0 N–H and O–H groups in total. The van der Waals surface area contributed by atoms with Crippen LogP contribution in [0.15, 0.2) is 53.1 Å². The number of esters is 1. The Kier molecular flexibility index (Phi) is 4.89. The van der Waals surface area contributed by atoms with E-state index in [-0.39, 0.29) is 17.3 Å². The number of carbonyl (C=O) groups is 1. The van der Waals surface area contributed by atoms with Crippen molar-refractivity contribution >= 4 is 15.8 Å². The van der Waals surface area contributed by atoms with Crippen molar-refractivity contribution in [3.63, 3.8) is 0 Å². The quantitative estimate of drug-likeness (QED) is 0.445. The topological polar surface area (TPSA) is 60.4 Å². The first-order chi connectivity index (χ1) is 12.2. The average molecular weight is 375 g/mol. The average Bonchev–Trinajstić information content (AvgIpc) is 2.95. The fourth-order valence-corrected chi connectivity index (χ4v) is 7.00. The Bertz CT molecular complexity index is 847. The van der Waals surface area contributed by atoms with Crippen LogP contribution in [0.1, 0.15) is 40.0 Å². The lowest BCUT2D eigenvalue weighted by molar-refractivity contribution is -0.150. The number of fused-ring (bicyclic) bond motifs is 2. The second kappa shape index (κ2) is 6.71. The van der Waals surface area contributed by atoms with Gasteiger partial charge in [0.15, 0.2) is 9.84 Å². The van der Waals surface area contributed by atoms with Gasteiger partial charge in [-0.15, -0.1) is 5.73 Å². The highest BCUT2D eigenvalue weighted by Gasteiger charge is 2.66. The highest BCUT2D eigenvalue weighted by atomic mass is 32.2. The van der Waals surface area contributed by atoms with Crippen LogP contribution in [0, 0.1) is 16.7 Å². The van der Waals surface area contributed by atoms with Gasteiger partial charge in [-0.2, -0.15) is 0 Å². The minimum atomic E-state index is -3.47. The summed E-state index contributed by atoms with van der Waals surface area (Å²) in [4.78, 5) is 12.4. The van der Waals surface area contributed by atoms with E-state index in [0.29, 0.717) is 10.8 Å². The molecule has 140 valence electrons. The number of benzene rings is 1. The maximum Gasteiger partial charge on any atom is 0.338 e. The molecule has 2 aliphatic carbocycles. The zero-order valence-electron chi connectivity index (χ0n) is 15.6. The van der Waals surface area contributed by atoms with Crippen molar-refractivity contribution in [2.75, 3.05) is 5.75 Å². The summed E-state index contributed by atoms with van der Waals surface area (Å²) in [5.41, 5.74) is 1.99. The maximum atomic E-state index is 13.1. The van der Waals surface area contributed by atoms with Crippen molar-refractivity contribution in [3.8, 4) is 0 Å². The number of rotatable bonds is 5. The molecule has 3 rings (SSSR count). The fraction of sp³-hybridized carbons (Fsp3) is 0.524. The predicted octanol–water partition coefficient (Wildman–Crippen LogP) is 3.93. The van der Waals surface area contributed by atoms with Crippen LogP contribution in [0.25, 0.3) is 0 Å². The monoisotopic (exact) mass is 374 g/mol. The molecule has 0 radical (unpaired) electrons. The van der Waals surface area contributed by atoms with Gasteiger partial charge in [0.2, 0.25) is 0 Å². The summed E-state index contributed by atoms with van der Waals surface area (Å²) in [6.07, 6.45) is 5.02. The Morgan fingerprint density at radius 1 is 1.31 bits per heavy atom. The van der Waals surface area contributed by atoms with Crippen LogP contribution in [-0.4, -0.2) is 26.2 Å². The van der Waals surface area contributed by atoms with Crippen LogP contribution in [0.3, 0.4) is 0 Å². The van der Waals surface area contributed by atoms with E-state index >= 15 is 0 Å². The molecule has 0 aliphatic heterocycles. The van der Waals surface area contributed by atoms with Crippen LogP contribution in [0.4, 0.5) is 0 Å². The van der Waals surface area contributed by atoms with E-state index in [1.54, 1.807) is 43.3 Å². The van der Waals surface area contributed by atoms with Crippen LogP contribution in [0.5, 0.6) is 0 Å². The van der Waals surface area contributed by atoms with Crippen molar-refractivity contribution in [1.29, 1.82) is 0 Å². The van der Waals surface area contributed by atoms with Crippen molar-refractivity contribution in [2.45, 2.75) is 51.0 Å². The normalized spacial score (nSPS) is 29.0. The van der Waals surface area contributed by atoms with Crippen LogP contribution < -0.4 is 0 Å². The molecule has 0 spiro atoms. The largest absolute Gasteiger partial charge is 0.458 e. The van der Waals surface area contributed by atoms with Gasteiger partial charge in [-0.05, 0) is 55.7 Å². The number of ether oxygens (including phenoxy) is 1. The summed E-state index contributed by atoms with van der Waals surface area (Å²) in [6, 6.07) is 8.55. The highest BCUT2D eigenvalue weighted by Crippen LogP contribution is 2.67. The smallest absolute Gasteiger partial charge is 0.338 e. The Morgan fingerprint density at radius 2 is 2.00 bits per heavy atom. The lowest BCUT2D eigenvalue weighted by Gasteiger charge is -2.41. The molecule has 2 fully saturated rings. The number of hydrogen-bond acceptors (Lipinski definition) is 4. The van der Waals surface area contributed by atoms with E-state index < -0.39 is 21.2 Å². The van der Waals surface area contributed by atoms with E-state index in [2.05, 4.69) is 19.6 Å². The molecular weight excluding hydrogens is 348 g/mol. The third-order valence-corrected chi connectivity index (χ3v) is 8.42. The second-order valence-electron chi connectivity index (χ2n) is 7.95. The molecule has 4 nitrogen and oxygen atoms in total. The summed E-state index contributed by atoms with van der Waals surface area (Å²) in [5, 5.41) is 0. The van der Waals surface area contributed by atoms with Gasteiger partial charge in [0.1, 0.15) is 6.10 Å². The third kappa shape index (κ3) is 3.04. The van der Waals surface area contributed by atoms with E-state index in [9.17, 15) is 13.2 Å². The molecule has 0 heterocycles. The molecule has 26 heavy (non-hydrogen) atoms. The lowest BCUT2D eigenvalue weighted by atomic mass is 9.69.